The molecule has 3 nitrogen and oxygen atoms in total. The average Bonchev–Trinajstić information content (AvgIpc) is 2.34. The third-order valence-corrected chi connectivity index (χ3v) is 2.13. The lowest BCUT2D eigenvalue weighted by atomic mass is 10.2. The molecule has 0 spiro atoms. The Hall–Kier alpha value is -1.06. The van der Waals surface area contributed by atoms with E-state index >= 15 is 0 Å². The van der Waals surface area contributed by atoms with E-state index in [1.165, 1.54) is 0 Å². The number of carbonyl (C=O) groups is 1. The van der Waals surface area contributed by atoms with Crippen molar-refractivity contribution < 1.29 is 14.3 Å². The van der Waals surface area contributed by atoms with Crippen LogP contribution in [-0.2, 0) is 20.9 Å². The number of alkyl halides is 1. The van der Waals surface area contributed by atoms with Crippen molar-refractivity contribution in [1.29, 1.82) is 0 Å². The Morgan fingerprint density at radius 2 is 1.94 bits per heavy atom. The maximum Gasteiger partial charge on any atom is 0.320 e. The first-order valence-corrected chi connectivity index (χ1v) is 5.69. The number of ether oxygens (including phenoxy) is 2. The van der Waals surface area contributed by atoms with Crippen LogP contribution in [0.4, 0.5) is 0 Å². The lowest BCUT2D eigenvalue weighted by molar-refractivity contribution is -0.140. The third kappa shape index (κ3) is 5.73. The van der Waals surface area contributed by atoms with Crippen molar-refractivity contribution in [2.24, 2.45) is 0 Å². The molecule has 1 aromatic rings. The molecule has 0 bridgehead atoms. The Balaban J connectivity index is 1.98. The second kappa shape index (κ2) is 8.13. The van der Waals surface area contributed by atoms with E-state index in [0.29, 0.717) is 26.2 Å². The van der Waals surface area contributed by atoms with Crippen LogP contribution >= 0.6 is 11.6 Å². The normalized spacial score (nSPS) is 10.1. The molecular formula is C12H15ClO3. The number of rotatable bonds is 7. The number of carbonyl (C=O) groups excluding carboxylic acids is 1. The molecule has 0 saturated heterocycles. The predicted octanol–water partition coefficient (Wildman–Crippen LogP) is 2.38. The van der Waals surface area contributed by atoms with Crippen molar-refractivity contribution in [3.05, 3.63) is 35.9 Å². The van der Waals surface area contributed by atoms with Gasteiger partial charge >= 0.3 is 5.97 Å². The highest BCUT2D eigenvalue weighted by atomic mass is 35.5. The molecule has 16 heavy (non-hydrogen) atoms. The molecule has 0 N–H and O–H groups in total. The van der Waals surface area contributed by atoms with E-state index in [-0.39, 0.29) is 11.8 Å². The molecular weight excluding hydrogens is 228 g/mol. The lowest BCUT2D eigenvalue weighted by Gasteiger charge is -2.04. The van der Waals surface area contributed by atoms with Crippen molar-refractivity contribution in [2.45, 2.75) is 13.0 Å². The summed E-state index contributed by atoms with van der Waals surface area (Å²) in [4.78, 5) is 10.7. The minimum atomic E-state index is -0.385. The number of hydrogen-bond acceptors (Lipinski definition) is 3. The third-order valence-electron chi connectivity index (χ3n) is 1.92. The molecule has 0 atom stereocenters. The summed E-state index contributed by atoms with van der Waals surface area (Å²) in [5.41, 5.74) is 1.14. The van der Waals surface area contributed by atoms with Crippen LogP contribution in [0.2, 0.25) is 0 Å². The van der Waals surface area contributed by atoms with E-state index in [1.54, 1.807) is 0 Å². The first-order chi connectivity index (χ1) is 7.83. The van der Waals surface area contributed by atoms with Gasteiger partial charge in [-0.3, -0.25) is 4.79 Å². The van der Waals surface area contributed by atoms with Crippen LogP contribution in [0.15, 0.2) is 30.3 Å². The van der Waals surface area contributed by atoms with Gasteiger partial charge in [0.25, 0.3) is 0 Å². The van der Waals surface area contributed by atoms with Crippen LogP contribution in [-0.4, -0.2) is 25.1 Å². The number of benzene rings is 1. The van der Waals surface area contributed by atoms with E-state index in [9.17, 15) is 4.79 Å². The van der Waals surface area contributed by atoms with Gasteiger partial charge in [0.2, 0.25) is 0 Å². The van der Waals surface area contributed by atoms with Crippen molar-refractivity contribution >= 4 is 17.6 Å². The number of hydrogen-bond donors (Lipinski definition) is 0. The fraction of sp³-hybridized carbons (Fsp3) is 0.417. The first kappa shape index (κ1) is 13.0. The zero-order valence-electron chi connectivity index (χ0n) is 9.02. The summed E-state index contributed by atoms with van der Waals surface area (Å²) in [7, 11) is 0. The summed E-state index contributed by atoms with van der Waals surface area (Å²) in [6.07, 6.45) is 0.690. The van der Waals surface area contributed by atoms with Gasteiger partial charge in [-0.25, -0.2) is 0 Å². The standard InChI is InChI=1S/C12H15ClO3/c13-9-12(14)16-8-4-7-15-10-11-5-2-1-3-6-11/h1-3,5-6H,4,7-10H2. The molecule has 0 saturated carbocycles. The molecule has 0 aliphatic carbocycles. The molecule has 0 heterocycles. The second-order valence-corrected chi connectivity index (χ2v) is 3.51. The van der Waals surface area contributed by atoms with E-state index < -0.39 is 0 Å². The molecule has 0 aliphatic heterocycles. The summed E-state index contributed by atoms with van der Waals surface area (Å²) in [5, 5.41) is 0. The molecule has 0 aliphatic rings. The molecule has 4 heteroatoms. The maximum atomic E-state index is 10.7. The van der Waals surface area contributed by atoms with Crippen LogP contribution in [0.5, 0.6) is 0 Å². The highest BCUT2D eigenvalue weighted by Crippen LogP contribution is 2.00. The Morgan fingerprint density at radius 1 is 1.19 bits per heavy atom. The van der Waals surface area contributed by atoms with E-state index in [4.69, 9.17) is 21.1 Å². The van der Waals surface area contributed by atoms with Gasteiger partial charge < -0.3 is 9.47 Å². The van der Waals surface area contributed by atoms with E-state index in [2.05, 4.69) is 0 Å². The highest BCUT2D eigenvalue weighted by Gasteiger charge is 1.98. The van der Waals surface area contributed by atoms with Gasteiger partial charge in [0.15, 0.2) is 0 Å². The zero-order chi connectivity index (χ0) is 11.6. The Labute approximate surface area is 100 Å². The lowest BCUT2D eigenvalue weighted by Crippen LogP contribution is -2.08. The van der Waals surface area contributed by atoms with Crippen LogP contribution in [0.3, 0.4) is 0 Å². The minimum absolute atomic E-state index is 0.0924. The number of esters is 1. The van der Waals surface area contributed by atoms with E-state index in [0.717, 1.165) is 5.56 Å². The average molecular weight is 243 g/mol. The van der Waals surface area contributed by atoms with Crippen molar-refractivity contribution in [3.8, 4) is 0 Å². The second-order valence-electron chi connectivity index (χ2n) is 3.25. The highest BCUT2D eigenvalue weighted by molar-refractivity contribution is 6.26. The molecule has 0 radical (unpaired) electrons. The van der Waals surface area contributed by atoms with Crippen molar-refractivity contribution in [1.82, 2.24) is 0 Å². The van der Waals surface area contributed by atoms with Gasteiger partial charge in [-0.1, -0.05) is 30.3 Å². The largest absolute Gasteiger partial charge is 0.465 e. The topological polar surface area (TPSA) is 35.5 Å². The van der Waals surface area contributed by atoms with Gasteiger partial charge in [-0.15, -0.1) is 11.6 Å². The summed E-state index contributed by atoms with van der Waals surface area (Å²) in [5.74, 6) is -0.477. The fourth-order valence-corrected chi connectivity index (χ4v) is 1.23. The zero-order valence-corrected chi connectivity index (χ0v) is 9.78. The van der Waals surface area contributed by atoms with Gasteiger partial charge in [-0.05, 0) is 5.56 Å². The van der Waals surface area contributed by atoms with Crippen molar-refractivity contribution in [3.63, 3.8) is 0 Å². The van der Waals surface area contributed by atoms with Crippen LogP contribution in [0, 0.1) is 0 Å². The molecule has 0 unspecified atom stereocenters. The summed E-state index contributed by atoms with van der Waals surface area (Å²) < 4.78 is 10.2. The molecule has 0 amide bonds. The SMILES string of the molecule is O=C(CCl)OCCCOCc1ccccc1. The molecule has 0 fully saturated rings. The van der Waals surface area contributed by atoms with Gasteiger partial charge in [0.1, 0.15) is 5.88 Å². The Kier molecular flexibility index (Phi) is 6.61. The monoisotopic (exact) mass is 242 g/mol. The van der Waals surface area contributed by atoms with Crippen LogP contribution < -0.4 is 0 Å². The quantitative estimate of drug-likeness (QED) is 0.418. The van der Waals surface area contributed by atoms with Gasteiger partial charge in [0, 0.05) is 6.42 Å². The first-order valence-electron chi connectivity index (χ1n) is 5.16. The van der Waals surface area contributed by atoms with Gasteiger partial charge in [-0.2, -0.15) is 0 Å². The molecule has 1 aromatic carbocycles. The molecule has 88 valence electrons. The maximum absolute atomic E-state index is 10.7. The Morgan fingerprint density at radius 3 is 2.62 bits per heavy atom. The van der Waals surface area contributed by atoms with Crippen LogP contribution in [0.1, 0.15) is 12.0 Å². The fourth-order valence-electron chi connectivity index (χ4n) is 1.15. The molecule has 1 rings (SSSR count). The smallest absolute Gasteiger partial charge is 0.320 e. The summed E-state index contributed by atoms with van der Waals surface area (Å²) >= 11 is 5.27. The predicted molar refractivity (Wildman–Crippen MR) is 62.4 cm³/mol. The Bertz CT molecular complexity index is 300. The summed E-state index contributed by atoms with van der Waals surface area (Å²) in [6.45, 7) is 1.52. The number of halogens is 1. The minimum Gasteiger partial charge on any atom is -0.465 e. The molecule has 0 aromatic heterocycles. The summed E-state index contributed by atoms with van der Waals surface area (Å²) in [6, 6.07) is 9.93. The van der Waals surface area contributed by atoms with Crippen molar-refractivity contribution in [2.75, 3.05) is 19.1 Å². The van der Waals surface area contributed by atoms with E-state index in [1.807, 2.05) is 30.3 Å². The van der Waals surface area contributed by atoms with Gasteiger partial charge in [0.05, 0.1) is 19.8 Å². The van der Waals surface area contributed by atoms with Crippen LogP contribution in [0.25, 0.3) is 0 Å².